The third kappa shape index (κ3) is 6.79. The number of halogens is 2. The van der Waals surface area contributed by atoms with Crippen LogP contribution in [0.5, 0.6) is 0 Å². The fourth-order valence-corrected chi connectivity index (χ4v) is 5.05. The molecule has 3 aromatic rings. The van der Waals surface area contributed by atoms with Crippen molar-refractivity contribution in [1.82, 2.24) is 19.8 Å². The van der Waals surface area contributed by atoms with Gasteiger partial charge in [0.15, 0.2) is 0 Å². The lowest BCUT2D eigenvalue weighted by molar-refractivity contribution is -0.113. The lowest BCUT2D eigenvalue weighted by Gasteiger charge is -2.39. The Hall–Kier alpha value is -4.47. The van der Waals surface area contributed by atoms with Crippen LogP contribution in [0.1, 0.15) is 63.2 Å². The molecule has 2 aromatic heterocycles. The van der Waals surface area contributed by atoms with Crippen LogP contribution in [0, 0.1) is 11.3 Å². The Balaban J connectivity index is 1.47. The number of carbonyl (C=O) groups excluding carboxylic acids is 2. The van der Waals surface area contributed by atoms with Gasteiger partial charge in [-0.05, 0) is 66.8 Å². The molecule has 43 heavy (non-hydrogen) atoms. The van der Waals surface area contributed by atoms with Crippen LogP contribution in [-0.4, -0.2) is 65.0 Å². The number of pyridine rings is 2. The van der Waals surface area contributed by atoms with Crippen LogP contribution in [0.4, 0.5) is 14.6 Å². The summed E-state index contributed by atoms with van der Waals surface area (Å²) in [6.45, 7) is 1.49. The number of ether oxygens (including phenoxy) is 1. The Morgan fingerprint density at radius 3 is 2.58 bits per heavy atom. The third-order valence-corrected chi connectivity index (χ3v) is 7.46. The average Bonchev–Trinajstić information content (AvgIpc) is 3.81. The van der Waals surface area contributed by atoms with Crippen molar-refractivity contribution in [2.45, 2.75) is 44.2 Å². The molecule has 2 amide bonds. The number of methoxy groups -OCH3 is 1. The molecule has 10 nitrogen and oxygen atoms in total. The molecule has 2 fully saturated rings. The van der Waals surface area contributed by atoms with Crippen molar-refractivity contribution >= 4 is 17.6 Å². The van der Waals surface area contributed by atoms with Crippen LogP contribution in [0.2, 0.25) is 0 Å². The van der Waals surface area contributed by atoms with Gasteiger partial charge in [-0.15, -0.1) is 0 Å². The SMILES string of the molecule is COC[C@H](C)NCc1cc(C(=O)Nc2cc(-c3ccc(C#N)cc3C(=O)N3CC(F)(F)C3)cc(C3CC3)n2)c(=O)n(C)c1. The molecule has 2 N–H and O–H groups in total. The minimum Gasteiger partial charge on any atom is -0.383 e. The molecular weight excluding hydrogens is 558 g/mol. The van der Waals surface area contributed by atoms with E-state index in [1.54, 1.807) is 38.6 Å². The summed E-state index contributed by atoms with van der Waals surface area (Å²) in [5.41, 5.74) is 2.17. The fourth-order valence-electron chi connectivity index (χ4n) is 5.05. The summed E-state index contributed by atoms with van der Waals surface area (Å²) in [7, 11) is 3.18. The second kappa shape index (κ2) is 12.0. The zero-order valence-corrected chi connectivity index (χ0v) is 24.1. The second-order valence-electron chi connectivity index (χ2n) is 11.2. The van der Waals surface area contributed by atoms with E-state index in [4.69, 9.17) is 4.74 Å². The number of anilines is 1. The van der Waals surface area contributed by atoms with Crippen molar-refractivity contribution in [3.05, 3.63) is 80.9 Å². The Kier molecular flexibility index (Phi) is 8.39. The Morgan fingerprint density at radius 1 is 1.19 bits per heavy atom. The summed E-state index contributed by atoms with van der Waals surface area (Å²) >= 11 is 0. The first-order chi connectivity index (χ1) is 20.5. The maximum absolute atomic E-state index is 13.6. The molecule has 0 spiro atoms. The van der Waals surface area contributed by atoms with E-state index in [9.17, 15) is 28.4 Å². The third-order valence-electron chi connectivity index (χ3n) is 7.46. The van der Waals surface area contributed by atoms with Gasteiger partial charge < -0.3 is 24.8 Å². The number of benzene rings is 1. The number of amides is 2. The molecule has 1 saturated carbocycles. The summed E-state index contributed by atoms with van der Waals surface area (Å²) in [5, 5.41) is 15.5. The topological polar surface area (TPSA) is 129 Å². The number of rotatable bonds is 10. The Morgan fingerprint density at radius 2 is 1.93 bits per heavy atom. The van der Waals surface area contributed by atoms with E-state index >= 15 is 0 Å². The minimum atomic E-state index is -2.94. The fraction of sp³-hybridized carbons (Fsp3) is 0.387. The van der Waals surface area contributed by atoms with Crippen LogP contribution >= 0.6 is 0 Å². The van der Waals surface area contributed by atoms with Crippen LogP contribution in [0.3, 0.4) is 0 Å². The van der Waals surface area contributed by atoms with Crippen molar-refractivity contribution in [1.29, 1.82) is 5.26 Å². The van der Waals surface area contributed by atoms with E-state index in [0.29, 0.717) is 30.0 Å². The number of carbonyl (C=O) groups is 2. The van der Waals surface area contributed by atoms with Gasteiger partial charge in [0.1, 0.15) is 11.4 Å². The van der Waals surface area contributed by atoms with Crippen molar-refractivity contribution < 1.29 is 23.1 Å². The smallest absolute Gasteiger partial charge is 0.282 e. The highest BCUT2D eigenvalue weighted by molar-refractivity contribution is 6.05. The summed E-state index contributed by atoms with van der Waals surface area (Å²) in [6, 6.07) is 11.5. The van der Waals surface area contributed by atoms with Crippen molar-refractivity contribution in [2.24, 2.45) is 7.05 Å². The van der Waals surface area contributed by atoms with E-state index in [-0.39, 0.29) is 34.5 Å². The molecule has 3 heterocycles. The van der Waals surface area contributed by atoms with Gasteiger partial charge >= 0.3 is 0 Å². The predicted molar refractivity (Wildman–Crippen MR) is 155 cm³/mol. The Labute approximate surface area is 247 Å². The summed E-state index contributed by atoms with van der Waals surface area (Å²) in [4.78, 5) is 45.2. The quantitative estimate of drug-likeness (QED) is 0.369. The molecule has 224 valence electrons. The van der Waals surface area contributed by atoms with Crippen LogP contribution < -0.4 is 16.2 Å². The highest BCUT2D eigenvalue weighted by atomic mass is 19.3. The van der Waals surface area contributed by atoms with Gasteiger partial charge in [0.05, 0.1) is 31.3 Å². The van der Waals surface area contributed by atoms with Gasteiger partial charge in [0.25, 0.3) is 23.3 Å². The van der Waals surface area contributed by atoms with Crippen LogP contribution in [-0.2, 0) is 18.3 Å². The van der Waals surface area contributed by atoms with Crippen LogP contribution in [0.15, 0.2) is 47.4 Å². The normalized spacial score (nSPS) is 16.2. The highest BCUT2D eigenvalue weighted by Crippen LogP contribution is 2.41. The molecule has 1 aromatic carbocycles. The number of aryl methyl sites for hydroxylation is 1. The number of hydrogen-bond donors (Lipinski definition) is 2. The lowest BCUT2D eigenvalue weighted by Crippen LogP contribution is -2.58. The maximum atomic E-state index is 13.6. The van der Waals surface area contributed by atoms with Crippen molar-refractivity contribution in [2.75, 3.05) is 32.1 Å². The van der Waals surface area contributed by atoms with E-state index in [2.05, 4.69) is 15.6 Å². The van der Waals surface area contributed by atoms with Crippen molar-refractivity contribution in [3.8, 4) is 17.2 Å². The van der Waals surface area contributed by atoms with Gasteiger partial charge in [-0.2, -0.15) is 5.26 Å². The monoisotopic (exact) mass is 590 g/mol. The number of aromatic nitrogens is 2. The minimum absolute atomic E-state index is 0.0591. The molecule has 5 rings (SSSR count). The molecule has 12 heteroatoms. The number of hydrogen-bond acceptors (Lipinski definition) is 7. The van der Waals surface area contributed by atoms with Gasteiger partial charge in [0.2, 0.25) is 0 Å². The molecular formula is C31H32F2N6O4. The van der Waals surface area contributed by atoms with Gasteiger partial charge in [-0.1, -0.05) is 6.07 Å². The van der Waals surface area contributed by atoms with Gasteiger partial charge in [-0.25, -0.2) is 13.8 Å². The maximum Gasteiger partial charge on any atom is 0.282 e. The average molecular weight is 591 g/mol. The summed E-state index contributed by atoms with van der Waals surface area (Å²) in [6.07, 6.45) is 3.47. The molecule has 0 bridgehead atoms. The van der Waals surface area contributed by atoms with E-state index in [1.165, 1.54) is 16.7 Å². The number of nitrogens with one attached hydrogen (secondary N) is 2. The second-order valence-corrected chi connectivity index (χ2v) is 11.2. The van der Waals surface area contributed by atoms with Gasteiger partial charge in [0, 0.05) is 50.1 Å². The number of nitriles is 1. The number of likely N-dealkylation sites (tertiary alicyclic amines) is 1. The zero-order valence-electron chi connectivity index (χ0n) is 24.1. The first-order valence-corrected chi connectivity index (χ1v) is 13.9. The number of nitrogens with zero attached hydrogens (tertiary/aromatic N) is 4. The first kappa shape index (κ1) is 30.0. The molecule has 1 aliphatic carbocycles. The largest absolute Gasteiger partial charge is 0.383 e. The van der Waals surface area contributed by atoms with E-state index < -0.39 is 36.4 Å². The zero-order chi connectivity index (χ0) is 30.9. The predicted octanol–water partition coefficient (Wildman–Crippen LogP) is 3.66. The molecule has 1 aliphatic heterocycles. The highest BCUT2D eigenvalue weighted by Gasteiger charge is 2.46. The number of alkyl halides is 2. The standard InChI is InChI=1S/C31H32F2N6O4/c1-18(15-43-3)35-13-20-9-25(29(41)38(2)14-20)28(40)37-27-11-22(10-26(36-27)21-5-6-21)23-7-4-19(12-34)8-24(23)30(42)39-16-31(32,33)17-39/h4,7-11,14,18,21,35H,5-6,13,15-17H2,1-3H3,(H,36,37,40)/t18-/m0/s1. The molecule has 1 atom stereocenters. The van der Waals surface area contributed by atoms with E-state index in [1.807, 2.05) is 19.1 Å². The molecule has 0 radical (unpaired) electrons. The molecule has 0 unspecified atom stereocenters. The summed E-state index contributed by atoms with van der Waals surface area (Å²) < 4.78 is 33.6. The lowest BCUT2D eigenvalue weighted by atomic mass is 9.95. The van der Waals surface area contributed by atoms with Crippen molar-refractivity contribution in [3.63, 3.8) is 0 Å². The molecule has 2 aliphatic rings. The summed E-state index contributed by atoms with van der Waals surface area (Å²) in [5.74, 6) is -3.84. The Bertz CT molecular complexity index is 1670. The van der Waals surface area contributed by atoms with E-state index in [0.717, 1.165) is 23.3 Å². The first-order valence-electron chi connectivity index (χ1n) is 13.9. The van der Waals surface area contributed by atoms with Gasteiger partial charge in [-0.3, -0.25) is 14.4 Å². The van der Waals surface area contributed by atoms with Crippen LogP contribution in [0.25, 0.3) is 11.1 Å². The molecule has 1 saturated heterocycles.